The summed E-state index contributed by atoms with van der Waals surface area (Å²) in [7, 11) is 0. The maximum Gasteiger partial charge on any atom is 0.146 e. The molecule has 2 unspecified atom stereocenters. The molecule has 0 aromatic carbocycles. The van der Waals surface area contributed by atoms with Crippen molar-refractivity contribution in [1.29, 1.82) is 0 Å². The lowest BCUT2D eigenvalue weighted by Gasteiger charge is -2.39. The molecule has 0 saturated carbocycles. The third-order valence-electron chi connectivity index (χ3n) is 3.63. The SMILES string of the molecule is CCNc1cc(NN2C(C)CCCC2C)nc(C)n1. The van der Waals surface area contributed by atoms with Crippen molar-refractivity contribution in [3.8, 4) is 0 Å². The van der Waals surface area contributed by atoms with Crippen LogP contribution < -0.4 is 10.7 Å². The second-order valence-corrected chi connectivity index (χ2v) is 5.36. The number of hydrogen-bond donors (Lipinski definition) is 2. The third-order valence-corrected chi connectivity index (χ3v) is 3.63. The van der Waals surface area contributed by atoms with Crippen molar-refractivity contribution in [3.63, 3.8) is 0 Å². The first-order valence-electron chi connectivity index (χ1n) is 7.24. The average Bonchev–Trinajstić information content (AvgIpc) is 2.34. The van der Waals surface area contributed by atoms with Gasteiger partial charge in [0, 0.05) is 24.7 Å². The minimum atomic E-state index is 0.543. The number of nitrogens with one attached hydrogen (secondary N) is 2. The average molecular weight is 263 g/mol. The molecule has 0 aliphatic carbocycles. The highest BCUT2D eigenvalue weighted by Crippen LogP contribution is 2.23. The molecule has 1 saturated heterocycles. The highest BCUT2D eigenvalue weighted by atomic mass is 15.5. The number of anilines is 2. The number of aromatic nitrogens is 2. The van der Waals surface area contributed by atoms with Crippen LogP contribution in [0.3, 0.4) is 0 Å². The Morgan fingerprint density at radius 2 is 1.84 bits per heavy atom. The fourth-order valence-corrected chi connectivity index (χ4v) is 2.67. The number of hydrazine groups is 1. The van der Waals surface area contributed by atoms with E-state index < -0.39 is 0 Å². The quantitative estimate of drug-likeness (QED) is 0.875. The van der Waals surface area contributed by atoms with Crippen molar-refractivity contribution in [2.45, 2.75) is 59.0 Å². The molecule has 1 fully saturated rings. The topological polar surface area (TPSA) is 53.1 Å². The van der Waals surface area contributed by atoms with Gasteiger partial charge in [-0.05, 0) is 40.5 Å². The van der Waals surface area contributed by atoms with Gasteiger partial charge in [-0.2, -0.15) is 0 Å². The largest absolute Gasteiger partial charge is 0.370 e. The number of piperidine rings is 1. The molecule has 106 valence electrons. The molecule has 5 heteroatoms. The van der Waals surface area contributed by atoms with Crippen molar-refractivity contribution in [1.82, 2.24) is 15.0 Å². The Balaban J connectivity index is 2.13. The first-order valence-corrected chi connectivity index (χ1v) is 7.24. The summed E-state index contributed by atoms with van der Waals surface area (Å²) in [5, 5.41) is 5.56. The second-order valence-electron chi connectivity index (χ2n) is 5.36. The van der Waals surface area contributed by atoms with Crippen LogP contribution in [0.5, 0.6) is 0 Å². The monoisotopic (exact) mass is 263 g/mol. The lowest BCUT2D eigenvalue weighted by Crippen LogP contribution is -2.47. The zero-order valence-electron chi connectivity index (χ0n) is 12.4. The van der Waals surface area contributed by atoms with Gasteiger partial charge in [-0.3, -0.25) is 0 Å². The zero-order valence-corrected chi connectivity index (χ0v) is 12.4. The summed E-state index contributed by atoms with van der Waals surface area (Å²) in [4.78, 5) is 8.85. The summed E-state index contributed by atoms with van der Waals surface area (Å²) in [6, 6.07) is 3.06. The minimum absolute atomic E-state index is 0.543. The van der Waals surface area contributed by atoms with Gasteiger partial charge < -0.3 is 10.7 Å². The van der Waals surface area contributed by atoms with E-state index >= 15 is 0 Å². The van der Waals surface area contributed by atoms with Crippen LogP contribution in [-0.4, -0.2) is 33.6 Å². The first-order chi connectivity index (χ1) is 9.10. The predicted octanol–water partition coefficient (Wildman–Crippen LogP) is 2.81. The smallest absolute Gasteiger partial charge is 0.146 e. The van der Waals surface area contributed by atoms with E-state index in [1.54, 1.807) is 0 Å². The second kappa shape index (κ2) is 6.19. The van der Waals surface area contributed by atoms with Crippen LogP contribution in [0.2, 0.25) is 0 Å². The molecule has 0 radical (unpaired) electrons. The normalized spacial score (nSPS) is 24.2. The summed E-state index contributed by atoms with van der Waals surface area (Å²) >= 11 is 0. The Morgan fingerprint density at radius 1 is 1.21 bits per heavy atom. The van der Waals surface area contributed by atoms with E-state index in [1.807, 2.05) is 13.0 Å². The maximum absolute atomic E-state index is 4.48. The Hall–Kier alpha value is -1.36. The molecule has 19 heavy (non-hydrogen) atoms. The summed E-state index contributed by atoms with van der Waals surface area (Å²) in [5.41, 5.74) is 3.46. The van der Waals surface area contributed by atoms with Crippen LogP contribution in [0.15, 0.2) is 6.07 Å². The molecule has 2 heterocycles. The third kappa shape index (κ3) is 3.56. The molecule has 5 nitrogen and oxygen atoms in total. The lowest BCUT2D eigenvalue weighted by molar-refractivity contribution is 0.135. The van der Waals surface area contributed by atoms with E-state index in [0.717, 1.165) is 24.0 Å². The van der Waals surface area contributed by atoms with E-state index in [4.69, 9.17) is 0 Å². The Kier molecular flexibility index (Phi) is 4.58. The van der Waals surface area contributed by atoms with Crippen molar-refractivity contribution < 1.29 is 0 Å². The van der Waals surface area contributed by atoms with Crippen molar-refractivity contribution in [3.05, 3.63) is 11.9 Å². The molecule has 1 aliphatic heterocycles. The van der Waals surface area contributed by atoms with Crippen LogP contribution in [0, 0.1) is 6.92 Å². The van der Waals surface area contributed by atoms with Crippen molar-refractivity contribution in [2.75, 3.05) is 17.3 Å². The summed E-state index contributed by atoms with van der Waals surface area (Å²) in [5.74, 6) is 2.55. The molecule has 0 amide bonds. The van der Waals surface area contributed by atoms with Crippen LogP contribution in [0.4, 0.5) is 11.6 Å². The van der Waals surface area contributed by atoms with E-state index in [9.17, 15) is 0 Å². The molecule has 0 bridgehead atoms. The van der Waals surface area contributed by atoms with Gasteiger partial charge in [0.25, 0.3) is 0 Å². The van der Waals surface area contributed by atoms with Gasteiger partial charge in [0.05, 0.1) is 0 Å². The van der Waals surface area contributed by atoms with Crippen LogP contribution in [0.1, 0.15) is 45.9 Å². The highest BCUT2D eigenvalue weighted by molar-refractivity contribution is 5.47. The molecule has 2 N–H and O–H groups in total. The molecule has 1 aliphatic rings. The summed E-state index contributed by atoms with van der Waals surface area (Å²) in [6.45, 7) is 9.39. The minimum Gasteiger partial charge on any atom is -0.370 e. The molecular formula is C14H25N5. The first kappa shape index (κ1) is 14.1. The van der Waals surface area contributed by atoms with E-state index in [0.29, 0.717) is 12.1 Å². The van der Waals surface area contributed by atoms with Gasteiger partial charge in [-0.25, -0.2) is 15.0 Å². The molecular weight excluding hydrogens is 238 g/mol. The number of aryl methyl sites for hydroxylation is 1. The number of nitrogens with zero attached hydrogens (tertiary/aromatic N) is 3. The predicted molar refractivity (Wildman–Crippen MR) is 79.2 cm³/mol. The van der Waals surface area contributed by atoms with Crippen LogP contribution >= 0.6 is 0 Å². The van der Waals surface area contributed by atoms with E-state index in [1.165, 1.54) is 19.3 Å². The molecule has 0 spiro atoms. The fourth-order valence-electron chi connectivity index (χ4n) is 2.67. The molecule has 2 atom stereocenters. The highest BCUT2D eigenvalue weighted by Gasteiger charge is 2.25. The van der Waals surface area contributed by atoms with Crippen molar-refractivity contribution in [2.24, 2.45) is 0 Å². The number of rotatable bonds is 4. The van der Waals surface area contributed by atoms with Gasteiger partial charge in [-0.1, -0.05) is 6.42 Å². The van der Waals surface area contributed by atoms with Gasteiger partial charge in [0.15, 0.2) is 0 Å². The van der Waals surface area contributed by atoms with Gasteiger partial charge in [0.1, 0.15) is 17.5 Å². The number of hydrogen-bond acceptors (Lipinski definition) is 5. The maximum atomic E-state index is 4.48. The van der Waals surface area contributed by atoms with Gasteiger partial charge >= 0.3 is 0 Å². The lowest BCUT2D eigenvalue weighted by atomic mass is 10.00. The van der Waals surface area contributed by atoms with Crippen LogP contribution in [0.25, 0.3) is 0 Å². The van der Waals surface area contributed by atoms with E-state index in [2.05, 4.69) is 46.5 Å². The molecule has 1 aromatic rings. The van der Waals surface area contributed by atoms with Gasteiger partial charge in [0.2, 0.25) is 0 Å². The Morgan fingerprint density at radius 3 is 2.47 bits per heavy atom. The summed E-state index contributed by atoms with van der Waals surface area (Å²) in [6.07, 6.45) is 3.79. The molecule has 2 rings (SSSR count). The van der Waals surface area contributed by atoms with Gasteiger partial charge in [-0.15, -0.1) is 0 Å². The van der Waals surface area contributed by atoms with Crippen molar-refractivity contribution >= 4 is 11.6 Å². The summed E-state index contributed by atoms with van der Waals surface area (Å²) < 4.78 is 0. The van der Waals surface area contributed by atoms with E-state index in [-0.39, 0.29) is 0 Å². The van der Waals surface area contributed by atoms with Crippen LogP contribution in [-0.2, 0) is 0 Å². The Bertz CT molecular complexity index is 410. The standard InChI is InChI=1S/C14H25N5/c1-5-15-13-9-14(17-12(4)16-13)18-19-10(2)7-6-8-11(19)3/h9-11H,5-8H2,1-4H3,(H2,15,16,17,18). The fraction of sp³-hybridized carbons (Fsp3) is 0.714. The zero-order chi connectivity index (χ0) is 13.8. The Labute approximate surface area is 115 Å². The molecule has 1 aromatic heterocycles.